The van der Waals surface area contributed by atoms with E-state index >= 15 is 0 Å². The number of hydrogen-bond acceptors (Lipinski definition) is 4. The highest BCUT2D eigenvalue weighted by atomic mass is 35.5. The summed E-state index contributed by atoms with van der Waals surface area (Å²) in [4.78, 5) is 12.6. The van der Waals surface area contributed by atoms with Gasteiger partial charge < -0.3 is 9.84 Å². The number of amides is 1. The molecule has 7 heteroatoms. The van der Waals surface area contributed by atoms with E-state index in [1.54, 1.807) is 31.2 Å². The lowest BCUT2D eigenvalue weighted by molar-refractivity contribution is 0.102. The fourth-order valence-corrected chi connectivity index (χ4v) is 2.61. The molecule has 0 fully saturated rings. The summed E-state index contributed by atoms with van der Waals surface area (Å²) in [5, 5.41) is 15.4. The molecule has 124 valence electrons. The van der Waals surface area contributed by atoms with Crippen molar-refractivity contribution in [1.29, 1.82) is 5.26 Å². The Balaban J connectivity index is 1.99. The molecule has 1 aromatic heterocycles. The van der Waals surface area contributed by atoms with Gasteiger partial charge in [0.25, 0.3) is 5.91 Å². The summed E-state index contributed by atoms with van der Waals surface area (Å²) in [5.74, 6) is -0.883. The molecule has 0 radical (unpaired) electrons. The number of nitriles is 1. The van der Waals surface area contributed by atoms with Crippen LogP contribution in [0, 0.1) is 24.1 Å². The van der Waals surface area contributed by atoms with E-state index in [0.717, 1.165) is 0 Å². The number of hydrogen-bond donors (Lipinski definition) is 1. The second-order valence-electron chi connectivity index (χ2n) is 5.20. The first-order chi connectivity index (χ1) is 12.0. The number of carbonyl (C=O) groups is 1. The van der Waals surface area contributed by atoms with Crippen molar-refractivity contribution in [2.45, 2.75) is 6.92 Å². The molecular formula is C18H11ClFN3O2. The van der Waals surface area contributed by atoms with E-state index < -0.39 is 11.7 Å². The Morgan fingerprint density at radius 3 is 2.64 bits per heavy atom. The quantitative estimate of drug-likeness (QED) is 0.746. The van der Waals surface area contributed by atoms with Crippen LogP contribution < -0.4 is 5.32 Å². The summed E-state index contributed by atoms with van der Waals surface area (Å²) in [6, 6.07) is 12.5. The summed E-state index contributed by atoms with van der Waals surface area (Å²) >= 11 is 6.06. The zero-order chi connectivity index (χ0) is 18.0. The van der Waals surface area contributed by atoms with Crippen molar-refractivity contribution < 1.29 is 13.7 Å². The van der Waals surface area contributed by atoms with Crippen molar-refractivity contribution in [2.75, 3.05) is 5.32 Å². The third-order valence-electron chi connectivity index (χ3n) is 3.56. The maximum absolute atomic E-state index is 14.2. The molecule has 1 N–H and O–H groups in total. The fraction of sp³-hybridized carbons (Fsp3) is 0.0556. The minimum atomic E-state index is -0.603. The molecule has 25 heavy (non-hydrogen) atoms. The second kappa shape index (κ2) is 6.75. The van der Waals surface area contributed by atoms with Crippen LogP contribution >= 0.6 is 11.6 Å². The molecule has 5 nitrogen and oxygen atoms in total. The Morgan fingerprint density at radius 2 is 2.00 bits per heavy atom. The molecule has 0 saturated heterocycles. The molecule has 0 atom stereocenters. The van der Waals surface area contributed by atoms with E-state index in [9.17, 15) is 9.18 Å². The van der Waals surface area contributed by atoms with Gasteiger partial charge in [0.05, 0.1) is 22.2 Å². The number of aryl methyl sites for hydroxylation is 1. The van der Waals surface area contributed by atoms with Gasteiger partial charge in [-0.2, -0.15) is 5.26 Å². The Bertz CT molecular complexity index is 970. The smallest absolute Gasteiger partial charge is 0.261 e. The molecule has 0 bridgehead atoms. The molecule has 1 amide bonds. The van der Waals surface area contributed by atoms with Crippen molar-refractivity contribution in [2.24, 2.45) is 0 Å². The zero-order valence-electron chi connectivity index (χ0n) is 13.0. The fourth-order valence-electron chi connectivity index (χ4n) is 2.36. The maximum Gasteiger partial charge on any atom is 0.261 e. The number of benzene rings is 2. The van der Waals surface area contributed by atoms with Gasteiger partial charge >= 0.3 is 0 Å². The van der Waals surface area contributed by atoms with Crippen molar-refractivity contribution in [3.63, 3.8) is 0 Å². The molecule has 3 aromatic rings. The van der Waals surface area contributed by atoms with Crippen molar-refractivity contribution in [1.82, 2.24) is 5.16 Å². The van der Waals surface area contributed by atoms with Crippen molar-refractivity contribution >= 4 is 23.2 Å². The molecule has 0 aliphatic carbocycles. The number of carbonyl (C=O) groups excluding carboxylic acids is 1. The largest absolute Gasteiger partial charge is 0.360 e. The summed E-state index contributed by atoms with van der Waals surface area (Å²) in [7, 11) is 0. The number of nitrogens with one attached hydrogen (secondary N) is 1. The Kier molecular flexibility index (Phi) is 4.50. The Labute approximate surface area is 147 Å². The molecule has 0 unspecified atom stereocenters. The van der Waals surface area contributed by atoms with E-state index in [1.165, 1.54) is 18.2 Å². The van der Waals surface area contributed by atoms with E-state index in [-0.39, 0.29) is 27.6 Å². The number of anilines is 1. The van der Waals surface area contributed by atoms with Crippen LogP contribution in [0.15, 0.2) is 47.0 Å². The van der Waals surface area contributed by atoms with Crippen LogP contribution in [0.5, 0.6) is 0 Å². The van der Waals surface area contributed by atoms with Gasteiger partial charge in [0.2, 0.25) is 0 Å². The summed E-state index contributed by atoms with van der Waals surface area (Å²) in [6.45, 7) is 1.55. The molecule has 0 spiro atoms. The third kappa shape index (κ3) is 3.23. The predicted molar refractivity (Wildman–Crippen MR) is 90.8 cm³/mol. The average molecular weight is 356 g/mol. The van der Waals surface area contributed by atoms with Gasteiger partial charge in [-0.1, -0.05) is 22.8 Å². The summed E-state index contributed by atoms with van der Waals surface area (Å²) in [6.07, 6.45) is 0. The standard InChI is InChI=1S/C18H11ClFN3O2/c1-10-15(18(24)22-12-7-5-11(9-21)6-8-12)17(23-25-10)16-13(19)3-2-4-14(16)20/h2-8H,1H3,(H,22,24). The minimum Gasteiger partial charge on any atom is -0.360 e. The molecule has 0 saturated carbocycles. The van der Waals surface area contributed by atoms with Gasteiger partial charge in [-0.3, -0.25) is 4.79 Å². The minimum absolute atomic E-state index is 0.00555. The van der Waals surface area contributed by atoms with E-state index in [0.29, 0.717) is 11.3 Å². The average Bonchev–Trinajstić information content (AvgIpc) is 2.97. The van der Waals surface area contributed by atoms with Gasteiger partial charge in [0.1, 0.15) is 22.8 Å². The molecule has 3 rings (SSSR count). The highest BCUT2D eigenvalue weighted by Gasteiger charge is 2.25. The van der Waals surface area contributed by atoms with Crippen LogP contribution in [0.3, 0.4) is 0 Å². The lowest BCUT2D eigenvalue weighted by Crippen LogP contribution is -2.13. The van der Waals surface area contributed by atoms with Crippen LogP contribution in [0.2, 0.25) is 5.02 Å². The maximum atomic E-state index is 14.2. The monoisotopic (exact) mass is 355 g/mol. The second-order valence-corrected chi connectivity index (χ2v) is 5.61. The molecule has 0 aliphatic heterocycles. The first-order valence-corrected chi connectivity index (χ1v) is 7.61. The SMILES string of the molecule is Cc1onc(-c2c(F)cccc2Cl)c1C(=O)Nc1ccc(C#N)cc1. The van der Waals surface area contributed by atoms with Crippen molar-refractivity contribution in [3.8, 4) is 17.3 Å². The van der Waals surface area contributed by atoms with E-state index in [4.69, 9.17) is 21.4 Å². The van der Waals surface area contributed by atoms with Gasteiger partial charge in [-0.15, -0.1) is 0 Å². The summed E-state index contributed by atoms with van der Waals surface area (Å²) in [5.41, 5.74) is 1.09. The zero-order valence-corrected chi connectivity index (χ0v) is 13.8. The van der Waals surface area contributed by atoms with Gasteiger partial charge in [0, 0.05) is 5.69 Å². The van der Waals surface area contributed by atoms with Gasteiger partial charge in [-0.25, -0.2) is 4.39 Å². The summed E-state index contributed by atoms with van der Waals surface area (Å²) < 4.78 is 19.2. The molecule has 1 heterocycles. The number of halogens is 2. The molecule has 0 aliphatic rings. The predicted octanol–water partition coefficient (Wildman–Crippen LogP) is 4.57. The van der Waals surface area contributed by atoms with E-state index in [2.05, 4.69) is 10.5 Å². The van der Waals surface area contributed by atoms with E-state index in [1.807, 2.05) is 6.07 Å². The normalized spacial score (nSPS) is 10.3. The van der Waals surface area contributed by atoms with Crippen LogP contribution in [-0.4, -0.2) is 11.1 Å². The molecule has 2 aromatic carbocycles. The van der Waals surface area contributed by atoms with Crippen molar-refractivity contribution in [3.05, 3.63) is 70.2 Å². The van der Waals surface area contributed by atoms with Crippen LogP contribution in [0.1, 0.15) is 21.7 Å². The first kappa shape index (κ1) is 16.7. The van der Waals surface area contributed by atoms with Crippen LogP contribution in [0.4, 0.5) is 10.1 Å². The highest BCUT2D eigenvalue weighted by Crippen LogP contribution is 2.33. The third-order valence-corrected chi connectivity index (χ3v) is 3.88. The topological polar surface area (TPSA) is 78.9 Å². The first-order valence-electron chi connectivity index (χ1n) is 7.23. The lowest BCUT2D eigenvalue weighted by atomic mass is 10.0. The highest BCUT2D eigenvalue weighted by molar-refractivity contribution is 6.33. The number of nitrogens with zero attached hydrogens (tertiary/aromatic N) is 2. The Hall–Kier alpha value is -3.17. The van der Waals surface area contributed by atoms with Gasteiger partial charge in [-0.05, 0) is 43.3 Å². The molecular weight excluding hydrogens is 345 g/mol. The number of rotatable bonds is 3. The van der Waals surface area contributed by atoms with Crippen LogP contribution in [0.25, 0.3) is 11.3 Å². The number of aromatic nitrogens is 1. The Morgan fingerprint density at radius 1 is 1.28 bits per heavy atom. The lowest BCUT2D eigenvalue weighted by Gasteiger charge is -2.07. The van der Waals surface area contributed by atoms with Gasteiger partial charge in [0.15, 0.2) is 0 Å². The van der Waals surface area contributed by atoms with Crippen LogP contribution in [-0.2, 0) is 0 Å².